The Morgan fingerprint density at radius 3 is 2.50 bits per heavy atom. The highest BCUT2D eigenvalue weighted by molar-refractivity contribution is 5.91. The molecule has 0 bridgehead atoms. The Morgan fingerprint density at radius 2 is 2.04 bits per heavy atom. The van der Waals surface area contributed by atoms with Crippen LogP contribution in [0.15, 0.2) is 12.3 Å². The molecule has 2 aliphatic heterocycles. The van der Waals surface area contributed by atoms with E-state index in [-0.39, 0.29) is 0 Å². The second kappa shape index (κ2) is 7.14. The molecule has 5 N–H and O–H groups in total. The molecule has 4 atom stereocenters. The minimum atomic E-state index is -4.01. The van der Waals surface area contributed by atoms with Gasteiger partial charge in [0.15, 0.2) is 0 Å². The Labute approximate surface area is 158 Å². The number of ether oxygens (including phenoxy) is 3. The number of esters is 1. The van der Waals surface area contributed by atoms with E-state index in [9.17, 15) is 28.3 Å². The average molecular weight is 409 g/mol. The van der Waals surface area contributed by atoms with E-state index in [0.29, 0.717) is 4.90 Å². The van der Waals surface area contributed by atoms with Gasteiger partial charge >= 0.3 is 24.1 Å². The summed E-state index contributed by atoms with van der Waals surface area (Å²) in [6, 6.07) is -1.23. The van der Waals surface area contributed by atoms with E-state index >= 15 is 0 Å². The molecule has 2 heterocycles. The molecule has 2 amide bonds. The van der Waals surface area contributed by atoms with Gasteiger partial charge in [-0.2, -0.15) is 8.78 Å². The van der Waals surface area contributed by atoms with Gasteiger partial charge < -0.3 is 29.7 Å². The third kappa shape index (κ3) is 4.15. The Kier molecular flexibility index (Phi) is 5.56. The smallest absolute Gasteiger partial charge is 0.457 e. The van der Waals surface area contributed by atoms with Crippen LogP contribution in [0.2, 0.25) is 0 Å². The highest BCUT2D eigenvalue weighted by Crippen LogP contribution is 2.40. The van der Waals surface area contributed by atoms with Crippen molar-refractivity contribution in [3.8, 4) is 0 Å². The van der Waals surface area contributed by atoms with E-state index < -0.39 is 60.4 Å². The molecule has 1 saturated heterocycles. The summed E-state index contributed by atoms with van der Waals surface area (Å²) < 4.78 is 43.3. The summed E-state index contributed by atoms with van der Waals surface area (Å²) in [5.41, 5.74) is 2.76. The number of amides is 2. The highest BCUT2D eigenvalue weighted by Gasteiger charge is 2.64. The van der Waals surface area contributed by atoms with Gasteiger partial charge in [-0.1, -0.05) is 0 Å². The molecule has 13 heteroatoms. The molecule has 0 aromatic rings. The van der Waals surface area contributed by atoms with E-state index in [2.05, 4.69) is 4.74 Å². The molecule has 28 heavy (non-hydrogen) atoms. The number of hydrogen-bond donors (Lipinski definition) is 4. The van der Waals surface area contributed by atoms with Gasteiger partial charge in [0.05, 0.1) is 6.61 Å². The summed E-state index contributed by atoms with van der Waals surface area (Å²) in [5.74, 6) is -5.03. The molecule has 2 aliphatic rings. The van der Waals surface area contributed by atoms with Crippen LogP contribution in [0.25, 0.3) is 0 Å². The molecular weight excluding hydrogens is 388 g/mol. The molecule has 158 valence electrons. The third-order valence-corrected chi connectivity index (χ3v) is 3.79. The molecule has 11 nitrogen and oxygen atoms in total. The van der Waals surface area contributed by atoms with E-state index in [0.717, 1.165) is 12.3 Å². The van der Waals surface area contributed by atoms with Gasteiger partial charge in [0, 0.05) is 6.20 Å². The average Bonchev–Trinajstić information content (AvgIpc) is 2.76. The molecular formula is C15H21F2N3O8. The first-order valence-electron chi connectivity index (χ1n) is 8.07. The summed E-state index contributed by atoms with van der Waals surface area (Å²) in [6.07, 6.45) is -6.67. The molecule has 0 aromatic heterocycles. The quantitative estimate of drug-likeness (QED) is 0.466. The van der Waals surface area contributed by atoms with Crippen molar-refractivity contribution in [2.24, 2.45) is 5.73 Å². The Morgan fingerprint density at radius 1 is 1.43 bits per heavy atom. The predicted molar refractivity (Wildman–Crippen MR) is 85.9 cm³/mol. The van der Waals surface area contributed by atoms with Gasteiger partial charge in [-0.25, -0.2) is 14.4 Å². The summed E-state index contributed by atoms with van der Waals surface area (Å²) in [6.45, 7) is 3.72. The van der Waals surface area contributed by atoms with Crippen LogP contribution < -0.4 is 11.1 Å². The van der Waals surface area contributed by atoms with Crippen LogP contribution >= 0.6 is 0 Å². The number of nitrogens with one attached hydrogen (secondary N) is 1. The zero-order valence-electron chi connectivity index (χ0n) is 15.2. The van der Waals surface area contributed by atoms with E-state index in [1.165, 1.54) is 0 Å². The third-order valence-electron chi connectivity index (χ3n) is 3.79. The number of carbonyl (C=O) groups is 3. The first-order valence-corrected chi connectivity index (χ1v) is 8.07. The van der Waals surface area contributed by atoms with Crippen molar-refractivity contribution in [2.75, 3.05) is 6.61 Å². The lowest BCUT2D eigenvalue weighted by Gasteiger charge is -2.37. The lowest BCUT2D eigenvalue weighted by molar-refractivity contribution is -0.162. The number of carboxylic acid groups (broad SMARTS) is 1. The van der Waals surface area contributed by atoms with Gasteiger partial charge in [0.25, 0.3) is 0 Å². The number of alkyl halides is 2. The number of hydrogen-bond acceptors (Lipinski definition) is 8. The maximum Gasteiger partial charge on any atom is 0.506 e. The van der Waals surface area contributed by atoms with Crippen LogP contribution in [0.1, 0.15) is 20.8 Å². The van der Waals surface area contributed by atoms with Crippen LogP contribution in [-0.4, -0.2) is 75.5 Å². The highest BCUT2D eigenvalue weighted by atomic mass is 19.3. The van der Waals surface area contributed by atoms with E-state index in [1.807, 2.05) is 5.32 Å². The minimum absolute atomic E-state index is 0.378. The monoisotopic (exact) mass is 409 g/mol. The van der Waals surface area contributed by atoms with E-state index in [1.54, 1.807) is 20.8 Å². The molecule has 1 fully saturated rings. The molecule has 0 radical (unpaired) electrons. The fourth-order valence-corrected chi connectivity index (χ4v) is 2.58. The molecule has 0 aromatic carbocycles. The van der Waals surface area contributed by atoms with Gasteiger partial charge in [-0.15, -0.1) is 0 Å². The van der Waals surface area contributed by atoms with Gasteiger partial charge in [-0.3, -0.25) is 10.6 Å². The summed E-state index contributed by atoms with van der Waals surface area (Å²) in [7, 11) is 0. The van der Waals surface area contributed by atoms with Crippen LogP contribution in [0.5, 0.6) is 0 Å². The van der Waals surface area contributed by atoms with Crippen molar-refractivity contribution >= 4 is 18.2 Å². The van der Waals surface area contributed by atoms with Gasteiger partial charge in [0.2, 0.25) is 18.0 Å². The fourth-order valence-electron chi connectivity index (χ4n) is 2.58. The second-order valence-electron chi connectivity index (χ2n) is 7.21. The number of urea groups is 1. The lowest BCUT2D eigenvalue weighted by Crippen LogP contribution is -2.67. The van der Waals surface area contributed by atoms with Gasteiger partial charge in [-0.05, 0) is 26.8 Å². The van der Waals surface area contributed by atoms with Crippen LogP contribution in [0.3, 0.4) is 0 Å². The molecule has 1 unspecified atom stereocenters. The largest absolute Gasteiger partial charge is 0.506 e. The first-order chi connectivity index (χ1) is 12.7. The molecule has 0 aliphatic carbocycles. The van der Waals surface area contributed by atoms with Crippen molar-refractivity contribution in [1.82, 2.24) is 10.2 Å². The summed E-state index contributed by atoms with van der Waals surface area (Å²) in [5, 5.41) is 19.8. The van der Waals surface area contributed by atoms with Crippen molar-refractivity contribution in [1.29, 1.82) is 0 Å². The number of rotatable bonds is 4. The number of carbonyl (C=O) groups excluding carboxylic acids is 2. The van der Waals surface area contributed by atoms with Crippen molar-refractivity contribution in [3.63, 3.8) is 0 Å². The Hall–Kier alpha value is -2.51. The Bertz CT molecular complexity index is 695. The number of halogens is 2. The zero-order chi connectivity index (χ0) is 21.5. The predicted octanol–water partition coefficient (Wildman–Crippen LogP) is -0.0623. The van der Waals surface area contributed by atoms with E-state index in [4.69, 9.17) is 20.3 Å². The topological polar surface area (TPSA) is 161 Å². The normalized spacial score (nSPS) is 32.0. The van der Waals surface area contributed by atoms with Crippen LogP contribution in [-0.2, 0) is 19.0 Å². The number of nitrogens with two attached hydrogens (primary N) is 1. The maximum absolute atomic E-state index is 14.6. The minimum Gasteiger partial charge on any atom is -0.457 e. The zero-order valence-corrected chi connectivity index (χ0v) is 15.2. The Balaban J connectivity index is 2.26. The van der Waals surface area contributed by atoms with Crippen molar-refractivity contribution in [3.05, 3.63) is 12.3 Å². The summed E-state index contributed by atoms with van der Waals surface area (Å²) in [4.78, 5) is 35.5. The van der Waals surface area contributed by atoms with Crippen LogP contribution in [0.4, 0.5) is 18.4 Å². The standard InChI is InChI=1S/C15H21F2N3O8/c1-13(2,3)28-10(22)14(18)4-5-20(11(23)19-14)9-15(16,17)8(27-12(24)25)7(6-21)26-9/h4-5,7-9,21H,6,18H2,1-3H3,(H,19,23)(H,24,25)/t7-,8-,9-,14?/m1/s1. The van der Waals surface area contributed by atoms with Crippen LogP contribution in [0, 0.1) is 0 Å². The second-order valence-corrected chi connectivity index (χ2v) is 7.21. The molecule has 2 rings (SSSR count). The van der Waals surface area contributed by atoms with Gasteiger partial charge in [0.1, 0.15) is 11.7 Å². The molecule has 0 saturated carbocycles. The van der Waals surface area contributed by atoms with Crippen molar-refractivity contribution in [2.45, 2.75) is 56.4 Å². The maximum atomic E-state index is 14.6. The summed E-state index contributed by atoms with van der Waals surface area (Å²) >= 11 is 0. The first kappa shape index (κ1) is 21.8. The number of nitrogens with zero attached hydrogens (tertiary/aromatic N) is 1. The number of aliphatic hydroxyl groups is 1. The van der Waals surface area contributed by atoms with Crippen molar-refractivity contribution < 1.29 is 47.6 Å². The molecule has 0 spiro atoms. The SMILES string of the molecule is CC(C)(C)OC(=O)C1(N)C=CN([C@@H]2O[C@H](CO)[C@@H](OC(=O)O)C2(F)F)C(=O)N1. The lowest BCUT2D eigenvalue weighted by atomic mass is 10.1. The fraction of sp³-hybridized carbons (Fsp3) is 0.667. The number of aliphatic hydroxyl groups excluding tert-OH is 1.